The van der Waals surface area contributed by atoms with Crippen LogP contribution < -0.4 is 15.0 Å². The largest absolute Gasteiger partial charge is 0.378 e. The first-order valence-electron chi connectivity index (χ1n) is 13.1. The number of benzene rings is 2. The number of morpholine rings is 1. The number of hydrogen-bond acceptors (Lipinski definition) is 6. The SMILES string of the molecule is O=C(CN1CCCC1)NCCCn1c(-c2ccc(N3CCOCC3)cc2)cs/c1=N/c1ccc(F)cc1. The lowest BCUT2D eigenvalue weighted by Crippen LogP contribution is -2.36. The maximum absolute atomic E-state index is 13.4. The van der Waals surface area contributed by atoms with Crippen molar-refractivity contribution in [1.29, 1.82) is 0 Å². The predicted octanol–water partition coefficient (Wildman–Crippen LogP) is 4.03. The van der Waals surface area contributed by atoms with Gasteiger partial charge in [0.1, 0.15) is 5.82 Å². The number of carbonyl (C=O) groups excluding carboxylic acids is 1. The smallest absolute Gasteiger partial charge is 0.234 e. The topological polar surface area (TPSA) is 62.1 Å². The Balaban J connectivity index is 1.31. The molecule has 2 fully saturated rings. The van der Waals surface area contributed by atoms with E-state index in [1.54, 1.807) is 23.5 Å². The Hall–Kier alpha value is -3.01. The summed E-state index contributed by atoms with van der Waals surface area (Å²) in [6.07, 6.45) is 3.15. The average molecular weight is 524 g/mol. The Bertz CT molecular complexity index is 1230. The first kappa shape index (κ1) is 25.6. The van der Waals surface area contributed by atoms with Crippen molar-refractivity contribution in [2.24, 2.45) is 4.99 Å². The highest BCUT2D eigenvalue weighted by molar-refractivity contribution is 7.07. The first-order valence-corrected chi connectivity index (χ1v) is 13.9. The van der Waals surface area contributed by atoms with Gasteiger partial charge < -0.3 is 19.5 Å². The molecule has 3 heterocycles. The summed E-state index contributed by atoms with van der Waals surface area (Å²) >= 11 is 1.57. The van der Waals surface area contributed by atoms with E-state index in [2.05, 4.69) is 49.3 Å². The Morgan fingerprint density at radius 2 is 1.73 bits per heavy atom. The molecule has 1 amide bonds. The number of thiazole rings is 1. The number of aromatic nitrogens is 1. The van der Waals surface area contributed by atoms with E-state index in [0.717, 1.165) is 61.9 Å². The van der Waals surface area contributed by atoms with Crippen molar-refractivity contribution < 1.29 is 13.9 Å². The number of amides is 1. The van der Waals surface area contributed by atoms with Crippen molar-refractivity contribution in [3.8, 4) is 11.3 Å². The Morgan fingerprint density at radius 3 is 2.46 bits per heavy atom. The van der Waals surface area contributed by atoms with Crippen LogP contribution in [0.4, 0.5) is 15.8 Å². The molecule has 196 valence electrons. The van der Waals surface area contributed by atoms with E-state index < -0.39 is 0 Å². The van der Waals surface area contributed by atoms with Gasteiger partial charge in [-0.2, -0.15) is 0 Å². The summed E-state index contributed by atoms with van der Waals surface area (Å²) in [5.74, 6) is -0.184. The molecule has 0 spiro atoms. The van der Waals surface area contributed by atoms with Crippen LogP contribution in [-0.2, 0) is 16.1 Å². The molecule has 1 aromatic heterocycles. The molecule has 2 aromatic carbocycles. The summed E-state index contributed by atoms with van der Waals surface area (Å²) in [6, 6.07) is 14.9. The summed E-state index contributed by atoms with van der Waals surface area (Å²) in [7, 11) is 0. The van der Waals surface area contributed by atoms with Crippen LogP contribution >= 0.6 is 11.3 Å². The fourth-order valence-electron chi connectivity index (χ4n) is 4.82. The lowest BCUT2D eigenvalue weighted by atomic mass is 10.1. The van der Waals surface area contributed by atoms with Gasteiger partial charge in [-0.3, -0.25) is 9.69 Å². The quantitative estimate of drug-likeness (QED) is 0.431. The van der Waals surface area contributed by atoms with E-state index in [1.807, 2.05) is 0 Å². The molecule has 0 atom stereocenters. The molecule has 37 heavy (non-hydrogen) atoms. The van der Waals surface area contributed by atoms with Crippen LogP contribution in [0.25, 0.3) is 11.3 Å². The Labute approximate surface area is 221 Å². The zero-order valence-corrected chi connectivity index (χ0v) is 21.9. The van der Waals surface area contributed by atoms with E-state index in [4.69, 9.17) is 9.73 Å². The second-order valence-electron chi connectivity index (χ2n) is 9.48. The third-order valence-corrected chi connectivity index (χ3v) is 7.70. The van der Waals surface area contributed by atoms with Crippen molar-refractivity contribution in [3.63, 3.8) is 0 Å². The third-order valence-electron chi connectivity index (χ3n) is 6.83. The minimum atomic E-state index is -0.274. The van der Waals surface area contributed by atoms with Crippen molar-refractivity contribution >= 4 is 28.6 Å². The van der Waals surface area contributed by atoms with Gasteiger partial charge in [0.05, 0.1) is 31.1 Å². The van der Waals surface area contributed by atoms with Crippen LogP contribution in [0.15, 0.2) is 58.9 Å². The molecular weight excluding hydrogens is 489 g/mol. The summed E-state index contributed by atoms with van der Waals surface area (Å²) < 4.78 is 21.1. The second-order valence-corrected chi connectivity index (χ2v) is 10.3. The van der Waals surface area contributed by atoms with Gasteiger partial charge in [-0.25, -0.2) is 9.38 Å². The fraction of sp³-hybridized carbons (Fsp3) is 0.429. The highest BCUT2D eigenvalue weighted by Gasteiger charge is 2.15. The maximum Gasteiger partial charge on any atom is 0.234 e. The second kappa shape index (κ2) is 12.5. The van der Waals surface area contributed by atoms with Crippen LogP contribution in [0.5, 0.6) is 0 Å². The van der Waals surface area contributed by atoms with Gasteiger partial charge in [-0.05, 0) is 74.3 Å². The van der Waals surface area contributed by atoms with Gasteiger partial charge in [0.15, 0.2) is 4.80 Å². The zero-order chi connectivity index (χ0) is 25.5. The minimum Gasteiger partial charge on any atom is -0.378 e. The van der Waals surface area contributed by atoms with Crippen molar-refractivity contribution in [2.75, 3.05) is 57.4 Å². The molecule has 2 saturated heterocycles. The van der Waals surface area contributed by atoms with Crippen LogP contribution in [0.3, 0.4) is 0 Å². The Kier molecular flexibility index (Phi) is 8.65. The number of likely N-dealkylation sites (tertiary alicyclic amines) is 1. The monoisotopic (exact) mass is 523 g/mol. The van der Waals surface area contributed by atoms with E-state index >= 15 is 0 Å². The van der Waals surface area contributed by atoms with E-state index in [0.29, 0.717) is 25.3 Å². The molecule has 0 radical (unpaired) electrons. The third kappa shape index (κ3) is 6.85. The summed E-state index contributed by atoms with van der Waals surface area (Å²) in [5.41, 5.74) is 4.12. The number of nitrogens with one attached hydrogen (secondary N) is 1. The van der Waals surface area contributed by atoms with Crippen LogP contribution in [0, 0.1) is 5.82 Å². The standard InChI is InChI=1S/C28H34FN5O2S/c29-23-6-8-24(9-7-23)31-28-34(15-3-12-30-27(35)20-32-13-1-2-14-32)26(21-37-28)22-4-10-25(11-5-22)33-16-18-36-19-17-33/h4-11,21H,1-3,12-20H2,(H,30,35)/b31-28+. The van der Waals surface area contributed by atoms with Gasteiger partial charge in [0.2, 0.25) is 5.91 Å². The summed E-state index contributed by atoms with van der Waals surface area (Å²) in [4.78, 5) is 22.5. The molecule has 2 aliphatic heterocycles. The van der Waals surface area contributed by atoms with Crippen molar-refractivity contribution in [2.45, 2.75) is 25.8 Å². The molecule has 0 unspecified atom stereocenters. The van der Waals surface area contributed by atoms with Gasteiger partial charge in [0, 0.05) is 37.2 Å². The van der Waals surface area contributed by atoms with Gasteiger partial charge >= 0.3 is 0 Å². The summed E-state index contributed by atoms with van der Waals surface area (Å²) in [6.45, 7) is 7.17. The number of ether oxygens (including phenoxy) is 1. The fourth-order valence-corrected chi connectivity index (χ4v) is 5.78. The molecule has 0 bridgehead atoms. The first-order chi connectivity index (χ1) is 18.2. The minimum absolute atomic E-state index is 0.0902. The lowest BCUT2D eigenvalue weighted by molar-refractivity contribution is -0.122. The maximum atomic E-state index is 13.4. The van der Waals surface area contributed by atoms with Crippen LogP contribution in [0.1, 0.15) is 19.3 Å². The van der Waals surface area contributed by atoms with Crippen LogP contribution in [0.2, 0.25) is 0 Å². The molecule has 7 nitrogen and oxygen atoms in total. The predicted molar refractivity (Wildman–Crippen MR) is 146 cm³/mol. The van der Waals surface area contributed by atoms with Crippen molar-refractivity contribution in [3.05, 3.63) is 64.5 Å². The molecule has 9 heteroatoms. The molecule has 2 aliphatic rings. The molecule has 1 N–H and O–H groups in total. The van der Waals surface area contributed by atoms with Gasteiger partial charge in [-0.1, -0.05) is 12.1 Å². The van der Waals surface area contributed by atoms with Crippen LogP contribution in [-0.4, -0.2) is 67.9 Å². The van der Waals surface area contributed by atoms with E-state index in [-0.39, 0.29) is 11.7 Å². The highest BCUT2D eigenvalue weighted by Crippen LogP contribution is 2.25. The lowest BCUT2D eigenvalue weighted by Gasteiger charge is -2.28. The van der Waals surface area contributed by atoms with Gasteiger partial charge in [0.25, 0.3) is 0 Å². The average Bonchev–Trinajstić information content (AvgIpc) is 3.58. The number of carbonyl (C=O) groups is 1. The Morgan fingerprint density at radius 1 is 1.00 bits per heavy atom. The normalized spacial score (nSPS) is 16.9. The van der Waals surface area contributed by atoms with Gasteiger partial charge in [-0.15, -0.1) is 11.3 Å². The highest BCUT2D eigenvalue weighted by atomic mass is 32.1. The molecule has 3 aromatic rings. The molecular formula is C28H34FN5O2S. The van der Waals surface area contributed by atoms with Crippen molar-refractivity contribution in [1.82, 2.24) is 14.8 Å². The number of halogens is 1. The number of nitrogens with zero attached hydrogens (tertiary/aromatic N) is 4. The number of hydrogen-bond donors (Lipinski definition) is 1. The molecule has 0 saturated carbocycles. The van der Waals surface area contributed by atoms with E-state index in [9.17, 15) is 9.18 Å². The number of anilines is 1. The molecule has 0 aliphatic carbocycles. The molecule has 5 rings (SSSR count). The number of rotatable bonds is 9. The summed E-state index contributed by atoms with van der Waals surface area (Å²) in [5, 5.41) is 5.19. The van der Waals surface area contributed by atoms with E-state index in [1.165, 1.54) is 30.7 Å². The zero-order valence-electron chi connectivity index (χ0n) is 21.1.